The smallest absolute Gasteiger partial charge is 0.211 e. The molecule has 0 amide bonds. The van der Waals surface area contributed by atoms with E-state index in [2.05, 4.69) is 11.6 Å². The molecule has 2 nitrogen and oxygen atoms in total. The molecule has 0 fully saturated rings. The van der Waals surface area contributed by atoms with Gasteiger partial charge in [-0.05, 0) is 17.6 Å². The lowest BCUT2D eigenvalue weighted by atomic mass is 9.94. The minimum atomic E-state index is 0.642. The molecule has 0 N–H and O–H groups in total. The summed E-state index contributed by atoms with van der Waals surface area (Å²) in [5.41, 5.74) is 3.46. The molecule has 16 heavy (non-hydrogen) atoms. The fourth-order valence-corrected chi connectivity index (χ4v) is 1.72. The first-order valence-electron chi connectivity index (χ1n) is 5.05. The average molecular weight is 209 g/mol. The van der Waals surface area contributed by atoms with Crippen molar-refractivity contribution >= 4 is 11.7 Å². The van der Waals surface area contributed by atoms with Crippen molar-refractivity contribution in [1.82, 2.24) is 0 Å². The highest BCUT2D eigenvalue weighted by Gasteiger charge is 2.12. The van der Waals surface area contributed by atoms with Crippen molar-refractivity contribution in [2.45, 2.75) is 6.42 Å². The van der Waals surface area contributed by atoms with Crippen LogP contribution < -0.4 is 0 Å². The number of hydrogen-bond donors (Lipinski definition) is 0. The van der Waals surface area contributed by atoms with Gasteiger partial charge >= 0.3 is 0 Å². The van der Waals surface area contributed by atoms with Crippen molar-refractivity contribution in [2.24, 2.45) is 4.99 Å². The Morgan fingerprint density at radius 1 is 1.25 bits per heavy atom. The van der Waals surface area contributed by atoms with Crippen molar-refractivity contribution in [3.8, 4) is 0 Å². The first-order valence-corrected chi connectivity index (χ1v) is 5.05. The van der Waals surface area contributed by atoms with Crippen LogP contribution in [0.25, 0.3) is 5.57 Å². The highest BCUT2D eigenvalue weighted by molar-refractivity contribution is 5.81. The van der Waals surface area contributed by atoms with Crippen LogP contribution in [0.4, 0.5) is 0 Å². The first kappa shape index (κ1) is 10.3. The molecule has 0 saturated carbocycles. The lowest BCUT2D eigenvalue weighted by molar-refractivity contribution is 0.564. The Kier molecular flexibility index (Phi) is 2.95. The number of nitrogens with zero attached hydrogens (tertiary/aromatic N) is 1. The largest absolute Gasteiger partial charge is 0.240 e. The normalized spacial score (nSPS) is 14.9. The molecule has 0 spiro atoms. The van der Waals surface area contributed by atoms with Crippen LogP contribution in [0, 0.1) is 0 Å². The quantitative estimate of drug-likeness (QED) is 0.543. The number of carbonyl (C=O) groups excluding carboxylic acids is 1. The predicted molar refractivity (Wildman–Crippen MR) is 64.4 cm³/mol. The van der Waals surface area contributed by atoms with Crippen molar-refractivity contribution in [3.63, 3.8) is 0 Å². The Morgan fingerprint density at radius 2 is 2.00 bits per heavy atom. The zero-order chi connectivity index (χ0) is 11.4. The van der Waals surface area contributed by atoms with Crippen molar-refractivity contribution < 1.29 is 4.79 Å². The molecule has 1 aromatic carbocycles. The van der Waals surface area contributed by atoms with E-state index >= 15 is 0 Å². The number of hydrogen-bond acceptors (Lipinski definition) is 2. The second-order valence-corrected chi connectivity index (χ2v) is 3.54. The van der Waals surface area contributed by atoms with Crippen LogP contribution in [0.15, 0.2) is 65.3 Å². The summed E-state index contributed by atoms with van der Waals surface area (Å²) >= 11 is 0. The average Bonchev–Trinajstić information content (AvgIpc) is 2.33. The molecule has 2 rings (SSSR count). The van der Waals surface area contributed by atoms with E-state index in [-0.39, 0.29) is 0 Å². The van der Waals surface area contributed by atoms with E-state index < -0.39 is 0 Å². The molecule has 0 unspecified atom stereocenters. The zero-order valence-electron chi connectivity index (χ0n) is 8.81. The summed E-state index contributed by atoms with van der Waals surface area (Å²) in [6, 6.07) is 9.83. The van der Waals surface area contributed by atoms with E-state index in [1.165, 1.54) is 0 Å². The summed E-state index contributed by atoms with van der Waals surface area (Å²) in [4.78, 5) is 14.2. The van der Waals surface area contributed by atoms with Crippen molar-refractivity contribution in [2.75, 3.05) is 0 Å². The molecule has 0 saturated heterocycles. The van der Waals surface area contributed by atoms with Crippen LogP contribution in [0.5, 0.6) is 0 Å². The Bertz CT molecular complexity index is 517. The number of benzene rings is 1. The third-order valence-electron chi connectivity index (χ3n) is 2.48. The van der Waals surface area contributed by atoms with E-state index in [4.69, 9.17) is 0 Å². The van der Waals surface area contributed by atoms with Crippen molar-refractivity contribution in [1.29, 1.82) is 0 Å². The van der Waals surface area contributed by atoms with Gasteiger partial charge < -0.3 is 0 Å². The van der Waals surface area contributed by atoms with Gasteiger partial charge in [0.2, 0.25) is 6.08 Å². The Hall–Kier alpha value is -2.18. The lowest BCUT2D eigenvalue weighted by Gasteiger charge is -2.13. The van der Waals surface area contributed by atoms with Gasteiger partial charge in [0.15, 0.2) is 0 Å². The summed E-state index contributed by atoms with van der Waals surface area (Å²) < 4.78 is 0. The molecule has 1 aliphatic rings. The third-order valence-corrected chi connectivity index (χ3v) is 2.48. The highest BCUT2D eigenvalue weighted by Crippen LogP contribution is 2.30. The van der Waals surface area contributed by atoms with Crippen LogP contribution in [-0.2, 0) is 4.79 Å². The van der Waals surface area contributed by atoms with Gasteiger partial charge in [-0.25, -0.2) is 4.79 Å². The summed E-state index contributed by atoms with van der Waals surface area (Å²) in [5.74, 6) is 0. The van der Waals surface area contributed by atoms with Gasteiger partial charge in [-0.3, -0.25) is 0 Å². The minimum Gasteiger partial charge on any atom is -0.211 e. The molecule has 0 aliphatic heterocycles. The summed E-state index contributed by atoms with van der Waals surface area (Å²) in [6.07, 6.45) is 6.32. The topological polar surface area (TPSA) is 29.4 Å². The number of allylic oxidation sites excluding steroid dienone is 4. The van der Waals surface area contributed by atoms with Gasteiger partial charge in [0.1, 0.15) is 0 Å². The van der Waals surface area contributed by atoms with E-state index in [0.29, 0.717) is 5.70 Å². The third kappa shape index (κ3) is 1.92. The van der Waals surface area contributed by atoms with Gasteiger partial charge in [0, 0.05) is 5.57 Å². The molecule has 0 radical (unpaired) electrons. The van der Waals surface area contributed by atoms with Crippen LogP contribution >= 0.6 is 0 Å². The standard InChI is InChI=1S/C14H11NO/c1-11-6-5-9-13(14(11)15-10-16)12-7-3-2-4-8-12/h2-5,7-9H,1,6H2. The second kappa shape index (κ2) is 4.56. The molecule has 1 aliphatic carbocycles. The highest BCUT2D eigenvalue weighted by atomic mass is 16.1. The van der Waals surface area contributed by atoms with Gasteiger partial charge in [0.25, 0.3) is 0 Å². The fraction of sp³-hybridized carbons (Fsp3) is 0.0714. The molecule has 0 heterocycles. The van der Waals surface area contributed by atoms with E-state index in [9.17, 15) is 4.79 Å². The van der Waals surface area contributed by atoms with E-state index in [0.717, 1.165) is 23.1 Å². The maximum atomic E-state index is 10.4. The van der Waals surface area contributed by atoms with E-state index in [1.807, 2.05) is 42.5 Å². The summed E-state index contributed by atoms with van der Waals surface area (Å²) in [7, 11) is 0. The number of rotatable bonds is 2. The molecule has 1 aromatic rings. The number of aliphatic imine (C=N–C) groups is 1. The molecule has 0 atom stereocenters. The molecule has 78 valence electrons. The Morgan fingerprint density at radius 3 is 2.69 bits per heavy atom. The van der Waals surface area contributed by atoms with E-state index in [1.54, 1.807) is 6.08 Å². The Labute approximate surface area is 94.3 Å². The second-order valence-electron chi connectivity index (χ2n) is 3.54. The maximum Gasteiger partial charge on any atom is 0.240 e. The predicted octanol–water partition coefficient (Wildman–Crippen LogP) is 3.25. The van der Waals surface area contributed by atoms with Crippen LogP contribution in [0.1, 0.15) is 12.0 Å². The zero-order valence-corrected chi connectivity index (χ0v) is 8.81. The number of isocyanates is 1. The SMILES string of the molecule is C=C1CC=CC(c2ccccc2)=C1N=C=O. The molecule has 0 bridgehead atoms. The first-order chi connectivity index (χ1) is 7.83. The Balaban J connectivity index is 2.59. The fourth-order valence-electron chi connectivity index (χ4n) is 1.72. The van der Waals surface area contributed by atoms with Gasteiger partial charge in [0.05, 0.1) is 5.70 Å². The van der Waals surface area contributed by atoms with Crippen LogP contribution in [0.3, 0.4) is 0 Å². The summed E-state index contributed by atoms with van der Waals surface area (Å²) in [6.45, 7) is 3.91. The van der Waals surface area contributed by atoms with Crippen LogP contribution in [-0.4, -0.2) is 6.08 Å². The summed E-state index contributed by atoms with van der Waals surface area (Å²) in [5, 5.41) is 0. The van der Waals surface area contributed by atoms with Gasteiger partial charge in [-0.1, -0.05) is 49.1 Å². The van der Waals surface area contributed by atoms with Gasteiger partial charge in [-0.2, -0.15) is 4.99 Å². The van der Waals surface area contributed by atoms with Crippen molar-refractivity contribution in [3.05, 3.63) is 65.9 Å². The molecular formula is C14H11NO. The molecular weight excluding hydrogens is 198 g/mol. The minimum absolute atomic E-state index is 0.642. The lowest BCUT2D eigenvalue weighted by Crippen LogP contribution is -1.95. The maximum absolute atomic E-state index is 10.4. The molecule has 0 aromatic heterocycles. The van der Waals surface area contributed by atoms with Crippen LogP contribution in [0.2, 0.25) is 0 Å². The monoisotopic (exact) mass is 209 g/mol. The van der Waals surface area contributed by atoms with Gasteiger partial charge in [-0.15, -0.1) is 0 Å². The molecule has 2 heteroatoms.